The molecule has 14 heteroatoms. The van der Waals surface area contributed by atoms with Crippen molar-refractivity contribution in [1.29, 1.82) is 0 Å². The van der Waals surface area contributed by atoms with Gasteiger partial charge in [0.15, 0.2) is 0 Å². The van der Waals surface area contributed by atoms with Gasteiger partial charge in [-0.15, -0.1) is 0 Å². The Bertz CT molecular complexity index is 1680. The standard InChI is InChI=1S/C34H42N4O8S2/c1-23-19-37(20-24(2)45-23)47(41,42)31-12-8-29(9-13-31)33(39)35-17-27-6-5-7-28(16-27)18-36-34(40)30-10-14-32(15-11-30)48(43,44)38-21-25(3)46-26(4)22-38/h5-16,23-26H,17-22H2,1-4H3,(H,35,39)(H,36,40). The fourth-order valence-corrected chi connectivity index (χ4v) is 9.11. The minimum atomic E-state index is -3.71. The molecular formula is C34H42N4O8S2. The van der Waals surface area contributed by atoms with E-state index in [2.05, 4.69) is 10.6 Å². The van der Waals surface area contributed by atoms with E-state index in [1.54, 1.807) is 0 Å². The number of benzene rings is 3. The van der Waals surface area contributed by atoms with Crippen LogP contribution < -0.4 is 10.6 Å². The highest BCUT2D eigenvalue weighted by Gasteiger charge is 2.33. The number of amides is 2. The number of sulfonamides is 2. The number of nitrogens with zero attached hydrogens (tertiary/aromatic N) is 2. The quantitative estimate of drug-likeness (QED) is 0.328. The molecule has 0 radical (unpaired) electrons. The molecule has 3 aromatic carbocycles. The fraction of sp³-hybridized carbons (Fsp3) is 0.412. The van der Waals surface area contributed by atoms with E-state index >= 15 is 0 Å². The topological polar surface area (TPSA) is 151 Å². The van der Waals surface area contributed by atoms with Gasteiger partial charge in [0.05, 0.1) is 34.2 Å². The minimum Gasteiger partial charge on any atom is -0.373 e. The number of rotatable bonds is 10. The predicted octanol–water partition coefficient (Wildman–Crippen LogP) is 3.14. The Labute approximate surface area is 282 Å². The number of carbonyl (C=O) groups is 2. The largest absolute Gasteiger partial charge is 0.373 e. The predicted molar refractivity (Wildman–Crippen MR) is 179 cm³/mol. The molecule has 0 aromatic heterocycles. The Morgan fingerprint density at radius 2 is 0.938 bits per heavy atom. The molecule has 0 saturated carbocycles. The Balaban J connectivity index is 1.13. The van der Waals surface area contributed by atoms with Crippen LogP contribution in [0.3, 0.4) is 0 Å². The Morgan fingerprint density at radius 1 is 0.604 bits per heavy atom. The summed E-state index contributed by atoms with van der Waals surface area (Å²) in [4.78, 5) is 25.9. The van der Waals surface area contributed by atoms with Crippen molar-refractivity contribution < 1.29 is 35.9 Å². The lowest BCUT2D eigenvalue weighted by Crippen LogP contribution is -2.48. The number of morpholine rings is 2. The van der Waals surface area contributed by atoms with Crippen molar-refractivity contribution in [2.24, 2.45) is 0 Å². The first-order chi connectivity index (χ1) is 22.7. The van der Waals surface area contributed by atoms with E-state index in [-0.39, 0.29) is 85.3 Å². The van der Waals surface area contributed by atoms with Crippen molar-refractivity contribution in [2.75, 3.05) is 26.2 Å². The monoisotopic (exact) mass is 698 g/mol. The van der Waals surface area contributed by atoms with Crippen LogP contribution in [0.1, 0.15) is 59.5 Å². The number of hydrogen-bond donors (Lipinski definition) is 2. The molecule has 12 nitrogen and oxygen atoms in total. The molecule has 0 aliphatic carbocycles. The van der Waals surface area contributed by atoms with E-state index < -0.39 is 20.0 Å². The second-order valence-electron chi connectivity index (χ2n) is 12.4. The van der Waals surface area contributed by atoms with Crippen molar-refractivity contribution in [2.45, 2.75) is 75.0 Å². The van der Waals surface area contributed by atoms with Crippen molar-refractivity contribution >= 4 is 31.9 Å². The van der Waals surface area contributed by atoms with Crippen LogP contribution in [0.4, 0.5) is 0 Å². The van der Waals surface area contributed by atoms with Gasteiger partial charge in [0.2, 0.25) is 20.0 Å². The van der Waals surface area contributed by atoms with Gasteiger partial charge >= 0.3 is 0 Å². The summed E-state index contributed by atoms with van der Waals surface area (Å²) in [5.74, 6) is -0.705. The third kappa shape index (κ3) is 8.49. The SMILES string of the molecule is CC1CN(S(=O)(=O)c2ccc(C(=O)NCc3cccc(CNC(=O)c4ccc(S(=O)(=O)N5CC(C)OC(C)C5)cc4)c3)cc2)CC(C)O1. The maximum absolute atomic E-state index is 13.1. The summed E-state index contributed by atoms with van der Waals surface area (Å²) in [5.41, 5.74) is 2.28. The van der Waals surface area contributed by atoms with Gasteiger partial charge in [-0.25, -0.2) is 16.8 Å². The molecule has 2 saturated heterocycles. The lowest BCUT2D eigenvalue weighted by molar-refractivity contribution is -0.0442. The fourth-order valence-electron chi connectivity index (χ4n) is 5.93. The van der Waals surface area contributed by atoms with Gasteiger partial charge in [-0.3, -0.25) is 9.59 Å². The first kappa shape index (κ1) is 35.6. The zero-order chi connectivity index (χ0) is 34.6. The summed E-state index contributed by atoms with van der Waals surface area (Å²) in [6, 6.07) is 19.1. The van der Waals surface area contributed by atoms with E-state index in [0.717, 1.165) is 11.1 Å². The Morgan fingerprint density at radius 3 is 1.27 bits per heavy atom. The van der Waals surface area contributed by atoms with E-state index in [1.165, 1.54) is 57.1 Å². The smallest absolute Gasteiger partial charge is 0.251 e. The molecule has 2 aliphatic rings. The molecule has 258 valence electrons. The average Bonchev–Trinajstić information content (AvgIpc) is 3.05. The highest BCUT2D eigenvalue weighted by Crippen LogP contribution is 2.23. The molecule has 2 heterocycles. The molecule has 2 N–H and O–H groups in total. The van der Waals surface area contributed by atoms with E-state index in [0.29, 0.717) is 11.1 Å². The molecule has 48 heavy (non-hydrogen) atoms. The molecule has 4 atom stereocenters. The van der Waals surface area contributed by atoms with Crippen LogP contribution in [0.15, 0.2) is 82.6 Å². The lowest BCUT2D eigenvalue weighted by Gasteiger charge is -2.34. The lowest BCUT2D eigenvalue weighted by atomic mass is 10.1. The zero-order valence-corrected chi connectivity index (χ0v) is 29.1. The molecule has 3 aromatic rings. The van der Waals surface area contributed by atoms with Crippen LogP contribution in [-0.4, -0.2) is 87.9 Å². The molecule has 0 bridgehead atoms. The van der Waals surface area contributed by atoms with E-state index in [1.807, 2.05) is 52.0 Å². The van der Waals surface area contributed by atoms with Gasteiger partial charge in [0.25, 0.3) is 11.8 Å². The molecule has 2 fully saturated rings. The molecule has 5 rings (SSSR count). The van der Waals surface area contributed by atoms with Crippen LogP contribution in [0.5, 0.6) is 0 Å². The summed E-state index contributed by atoms with van der Waals surface area (Å²) >= 11 is 0. The average molecular weight is 699 g/mol. The van der Waals surface area contributed by atoms with Crippen LogP contribution in [0, 0.1) is 0 Å². The second kappa shape index (κ2) is 14.8. The minimum absolute atomic E-state index is 0.119. The zero-order valence-electron chi connectivity index (χ0n) is 27.5. The van der Waals surface area contributed by atoms with Gasteiger partial charge in [0.1, 0.15) is 0 Å². The second-order valence-corrected chi connectivity index (χ2v) is 16.3. The van der Waals surface area contributed by atoms with Crippen LogP contribution in [0.25, 0.3) is 0 Å². The number of nitrogens with one attached hydrogen (secondary N) is 2. The molecule has 2 amide bonds. The molecule has 2 aliphatic heterocycles. The summed E-state index contributed by atoms with van der Waals surface area (Å²) in [7, 11) is -7.43. The van der Waals surface area contributed by atoms with Gasteiger partial charge in [-0.1, -0.05) is 24.3 Å². The molecular weight excluding hydrogens is 657 g/mol. The molecule has 0 spiro atoms. The van der Waals surface area contributed by atoms with Crippen molar-refractivity contribution in [3.05, 3.63) is 95.1 Å². The number of carbonyl (C=O) groups excluding carboxylic acids is 2. The summed E-state index contributed by atoms with van der Waals surface area (Å²) in [6.45, 7) is 8.87. The maximum Gasteiger partial charge on any atom is 0.251 e. The first-order valence-corrected chi connectivity index (χ1v) is 18.8. The van der Waals surface area contributed by atoms with Crippen LogP contribution in [0.2, 0.25) is 0 Å². The van der Waals surface area contributed by atoms with Gasteiger partial charge in [-0.05, 0) is 87.4 Å². The number of hydrogen-bond acceptors (Lipinski definition) is 8. The molecule has 4 unspecified atom stereocenters. The van der Waals surface area contributed by atoms with Crippen molar-refractivity contribution in [3.63, 3.8) is 0 Å². The highest BCUT2D eigenvalue weighted by atomic mass is 32.2. The normalized spacial score (nSPS) is 22.6. The van der Waals surface area contributed by atoms with Gasteiger partial charge < -0.3 is 20.1 Å². The van der Waals surface area contributed by atoms with Crippen LogP contribution >= 0.6 is 0 Å². The Hall–Kier alpha value is -3.66. The van der Waals surface area contributed by atoms with Crippen molar-refractivity contribution in [1.82, 2.24) is 19.2 Å². The first-order valence-electron chi connectivity index (χ1n) is 15.9. The van der Waals surface area contributed by atoms with E-state index in [4.69, 9.17) is 9.47 Å². The van der Waals surface area contributed by atoms with Crippen LogP contribution in [-0.2, 0) is 42.6 Å². The van der Waals surface area contributed by atoms with E-state index in [9.17, 15) is 26.4 Å². The van der Waals surface area contributed by atoms with Gasteiger partial charge in [-0.2, -0.15) is 8.61 Å². The third-order valence-electron chi connectivity index (χ3n) is 8.18. The van der Waals surface area contributed by atoms with Gasteiger partial charge in [0, 0.05) is 50.4 Å². The number of ether oxygens (including phenoxy) is 2. The maximum atomic E-state index is 13.1. The Kier molecular flexibility index (Phi) is 11.0. The summed E-state index contributed by atoms with van der Waals surface area (Å²) in [6.07, 6.45) is -0.821. The highest BCUT2D eigenvalue weighted by molar-refractivity contribution is 7.89. The summed E-state index contributed by atoms with van der Waals surface area (Å²) < 4.78 is 66.6. The third-order valence-corrected chi connectivity index (χ3v) is 11.9. The summed E-state index contributed by atoms with van der Waals surface area (Å²) in [5, 5.41) is 5.70. The van der Waals surface area contributed by atoms with Crippen molar-refractivity contribution in [3.8, 4) is 0 Å².